The molecule has 104 valence electrons. The van der Waals surface area contributed by atoms with Gasteiger partial charge in [-0.3, -0.25) is 14.5 Å². The molecule has 0 spiro atoms. The standard InChI is InChI=1S/C13H24N2O3/c1-5-14(6-2)12(16)10(4)15-7-9(3)11(8-15)13(17)18/h9-11H,5-8H2,1-4H3,(H,17,18). The van der Waals surface area contributed by atoms with Gasteiger partial charge in [-0.1, -0.05) is 6.92 Å². The van der Waals surface area contributed by atoms with E-state index in [9.17, 15) is 9.59 Å². The highest BCUT2D eigenvalue weighted by atomic mass is 16.4. The molecule has 1 fully saturated rings. The van der Waals surface area contributed by atoms with Crippen LogP contribution in [0.4, 0.5) is 0 Å². The second-order valence-corrected chi connectivity index (χ2v) is 5.06. The molecule has 0 saturated carbocycles. The third-order valence-electron chi connectivity index (χ3n) is 3.94. The van der Waals surface area contributed by atoms with Gasteiger partial charge in [0.05, 0.1) is 12.0 Å². The van der Waals surface area contributed by atoms with Crippen LogP contribution < -0.4 is 0 Å². The molecule has 1 saturated heterocycles. The Morgan fingerprint density at radius 2 is 1.89 bits per heavy atom. The average Bonchev–Trinajstić information content (AvgIpc) is 2.71. The van der Waals surface area contributed by atoms with Gasteiger partial charge in [-0.05, 0) is 26.7 Å². The molecule has 0 aromatic carbocycles. The highest BCUT2D eigenvalue weighted by Gasteiger charge is 2.38. The summed E-state index contributed by atoms with van der Waals surface area (Å²) in [6.45, 7) is 10.3. The normalized spacial score (nSPS) is 26.0. The number of hydrogen-bond acceptors (Lipinski definition) is 3. The molecular formula is C13H24N2O3. The van der Waals surface area contributed by atoms with Gasteiger partial charge in [0, 0.05) is 26.2 Å². The quantitative estimate of drug-likeness (QED) is 0.794. The zero-order valence-electron chi connectivity index (χ0n) is 11.7. The average molecular weight is 256 g/mol. The number of rotatable bonds is 5. The first-order valence-corrected chi connectivity index (χ1v) is 6.67. The third-order valence-corrected chi connectivity index (χ3v) is 3.94. The maximum atomic E-state index is 12.2. The Kier molecular flexibility index (Phi) is 5.14. The van der Waals surface area contributed by atoms with Crippen LogP contribution in [0.2, 0.25) is 0 Å². The smallest absolute Gasteiger partial charge is 0.308 e. The summed E-state index contributed by atoms with van der Waals surface area (Å²) in [7, 11) is 0. The van der Waals surface area contributed by atoms with Crippen LogP contribution in [0.15, 0.2) is 0 Å². The van der Waals surface area contributed by atoms with Crippen LogP contribution >= 0.6 is 0 Å². The molecule has 0 aliphatic carbocycles. The van der Waals surface area contributed by atoms with Crippen molar-refractivity contribution < 1.29 is 14.7 Å². The van der Waals surface area contributed by atoms with Gasteiger partial charge in [0.1, 0.15) is 0 Å². The minimum absolute atomic E-state index is 0.0956. The van der Waals surface area contributed by atoms with Crippen molar-refractivity contribution in [2.45, 2.75) is 33.7 Å². The number of amides is 1. The van der Waals surface area contributed by atoms with Crippen molar-refractivity contribution in [1.82, 2.24) is 9.80 Å². The number of carboxylic acids is 1. The van der Waals surface area contributed by atoms with Crippen LogP contribution in [0.3, 0.4) is 0 Å². The highest BCUT2D eigenvalue weighted by molar-refractivity contribution is 5.81. The number of aliphatic carboxylic acids is 1. The van der Waals surface area contributed by atoms with E-state index in [0.717, 1.165) is 0 Å². The Balaban J connectivity index is 2.66. The fraction of sp³-hybridized carbons (Fsp3) is 0.846. The number of carboxylic acid groups (broad SMARTS) is 1. The van der Waals surface area contributed by atoms with Crippen molar-refractivity contribution in [3.63, 3.8) is 0 Å². The van der Waals surface area contributed by atoms with Crippen LogP contribution in [0, 0.1) is 11.8 Å². The molecule has 1 aliphatic rings. The zero-order valence-corrected chi connectivity index (χ0v) is 11.7. The lowest BCUT2D eigenvalue weighted by Gasteiger charge is -2.29. The SMILES string of the molecule is CCN(CC)C(=O)C(C)N1CC(C)C(C(=O)O)C1. The van der Waals surface area contributed by atoms with Crippen LogP contribution in [0.25, 0.3) is 0 Å². The maximum absolute atomic E-state index is 12.2. The first-order valence-electron chi connectivity index (χ1n) is 6.67. The summed E-state index contributed by atoms with van der Waals surface area (Å²) in [5, 5.41) is 9.10. The molecule has 1 aliphatic heterocycles. The van der Waals surface area contributed by atoms with E-state index in [0.29, 0.717) is 26.2 Å². The molecule has 1 rings (SSSR count). The molecule has 1 N–H and O–H groups in total. The summed E-state index contributed by atoms with van der Waals surface area (Å²) in [5.74, 6) is -0.905. The first-order chi connectivity index (χ1) is 8.42. The number of likely N-dealkylation sites (N-methyl/N-ethyl adjacent to an activating group) is 1. The predicted octanol–water partition coefficient (Wildman–Crippen LogP) is 0.896. The molecule has 1 heterocycles. The van der Waals surface area contributed by atoms with Crippen molar-refractivity contribution in [3.05, 3.63) is 0 Å². The molecule has 0 bridgehead atoms. The zero-order chi connectivity index (χ0) is 13.9. The second kappa shape index (κ2) is 6.18. The Morgan fingerprint density at radius 1 is 1.33 bits per heavy atom. The van der Waals surface area contributed by atoms with Gasteiger partial charge in [-0.25, -0.2) is 0 Å². The minimum Gasteiger partial charge on any atom is -0.481 e. The van der Waals surface area contributed by atoms with E-state index >= 15 is 0 Å². The van der Waals surface area contributed by atoms with Crippen molar-refractivity contribution in [1.29, 1.82) is 0 Å². The van der Waals surface area contributed by atoms with Crippen LogP contribution in [-0.4, -0.2) is 59.0 Å². The molecule has 3 unspecified atom stereocenters. The van der Waals surface area contributed by atoms with Crippen molar-refractivity contribution in [2.24, 2.45) is 11.8 Å². The highest BCUT2D eigenvalue weighted by Crippen LogP contribution is 2.25. The number of carbonyl (C=O) groups excluding carboxylic acids is 1. The number of carbonyl (C=O) groups is 2. The summed E-state index contributed by atoms with van der Waals surface area (Å²) >= 11 is 0. The van der Waals surface area contributed by atoms with E-state index in [1.165, 1.54) is 0 Å². The maximum Gasteiger partial charge on any atom is 0.308 e. The molecule has 0 aromatic rings. The van der Waals surface area contributed by atoms with Gasteiger partial charge in [0.2, 0.25) is 5.91 Å². The second-order valence-electron chi connectivity index (χ2n) is 5.06. The van der Waals surface area contributed by atoms with E-state index in [-0.39, 0.29) is 23.8 Å². The van der Waals surface area contributed by atoms with Crippen LogP contribution in [-0.2, 0) is 9.59 Å². The van der Waals surface area contributed by atoms with Gasteiger partial charge in [0.25, 0.3) is 0 Å². The molecule has 3 atom stereocenters. The van der Waals surface area contributed by atoms with E-state index in [2.05, 4.69) is 0 Å². The van der Waals surface area contributed by atoms with Crippen LogP contribution in [0.1, 0.15) is 27.7 Å². The predicted molar refractivity (Wildman–Crippen MR) is 69.3 cm³/mol. The van der Waals surface area contributed by atoms with Gasteiger partial charge in [0.15, 0.2) is 0 Å². The Labute approximate surface area is 109 Å². The minimum atomic E-state index is -0.757. The van der Waals surface area contributed by atoms with E-state index < -0.39 is 5.97 Å². The number of hydrogen-bond donors (Lipinski definition) is 1. The van der Waals surface area contributed by atoms with Crippen molar-refractivity contribution >= 4 is 11.9 Å². The van der Waals surface area contributed by atoms with Gasteiger partial charge < -0.3 is 10.0 Å². The Morgan fingerprint density at radius 3 is 2.28 bits per heavy atom. The molecule has 1 amide bonds. The molecular weight excluding hydrogens is 232 g/mol. The van der Waals surface area contributed by atoms with E-state index in [1.807, 2.05) is 32.6 Å². The molecule has 18 heavy (non-hydrogen) atoms. The number of likely N-dealkylation sites (tertiary alicyclic amines) is 1. The summed E-state index contributed by atoms with van der Waals surface area (Å²) in [6.07, 6.45) is 0. The fourth-order valence-electron chi connectivity index (χ4n) is 2.60. The Hall–Kier alpha value is -1.10. The molecule has 0 aromatic heterocycles. The summed E-state index contributed by atoms with van der Waals surface area (Å²) in [6, 6.07) is -0.225. The molecule has 5 nitrogen and oxygen atoms in total. The fourth-order valence-corrected chi connectivity index (χ4v) is 2.60. The topological polar surface area (TPSA) is 60.9 Å². The van der Waals surface area contributed by atoms with E-state index in [4.69, 9.17) is 5.11 Å². The Bertz CT molecular complexity index is 315. The van der Waals surface area contributed by atoms with Crippen molar-refractivity contribution in [3.8, 4) is 0 Å². The summed E-state index contributed by atoms with van der Waals surface area (Å²) in [4.78, 5) is 27.1. The van der Waals surface area contributed by atoms with Gasteiger partial charge in [-0.2, -0.15) is 0 Å². The lowest BCUT2D eigenvalue weighted by Crippen LogP contribution is -2.46. The number of nitrogens with zero attached hydrogens (tertiary/aromatic N) is 2. The van der Waals surface area contributed by atoms with E-state index in [1.54, 1.807) is 4.90 Å². The monoisotopic (exact) mass is 256 g/mol. The summed E-state index contributed by atoms with van der Waals surface area (Å²) in [5.41, 5.74) is 0. The van der Waals surface area contributed by atoms with Gasteiger partial charge >= 0.3 is 5.97 Å². The largest absolute Gasteiger partial charge is 0.481 e. The van der Waals surface area contributed by atoms with Gasteiger partial charge in [-0.15, -0.1) is 0 Å². The lowest BCUT2D eigenvalue weighted by atomic mass is 9.99. The third kappa shape index (κ3) is 3.02. The van der Waals surface area contributed by atoms with Crippen molar-refractivity contribution in [2.75, 3.05) is 26.2 Å². The van der Waals surface area contributed by atoms with Crippen LogP contribution in [0.5, 0.6) is 0 Å². The lowest BCUT2D eigenvalue weighted by molar-refractivity contribution is -0.143. The molecule has 5 heteroatoms. The first kappa shape index (κ1) is 15.0. The molecule has 0 radical (unpaired) electrons. The summed E-state index contributed by atoms with van der Waals surface area (Å²) < 4.78 is 0.